The maximum atomic E-state index is 12.5. The first-order chi connectivity index (χ1) is 11.4. The van der Waals surface area contributed by atoms with Gasteiger partial charge in [0.2, 0.25) is 0 Å². The van der Waals surface area contributed by atoms with Crippen molar-refractivity contribution in [1.82, 2.24) is 9.80 Å². The first-order valence-corrected chi connectivity index (χ1v) is 8.36. The molecule has 0 aliphatic carbocycles. The van der Waals surface area contributed by atoms with Crippen LogP contribution in [0, 0.1) is 13.8 Å². The van der Waals surface area contributed by atoms with Crippen molar-refractivity contribution in [2.45, 2.75) is 33.8 Å². The molecule has 1 fully saturated rings. The van der Waals surface area contributed by atoms with Crippen LogP contribution in [0.5, 0.6) is 5.75 Å². The molecular weight excluding hydrogens is 308 g/mol. The average molecular weight is 334 g/mol. The third-order valence-corrected chi connectivity index (χ3v) is 4.10. The number of aryl methyl sites for hydroxylation is 2. The van der Waals surface area contributed by atoms with Gasteiger partial charge < -0.3 is 19.3 Å². The van der Waals surface area contributed by atoms with E-state index >= 15 is 0 Å². The molecule has 1 atom stereocenters. The van der Waals surface area contributed by atoms with E-state index < -0.39 is 6.10 Å². The van der Waals surface area contributed by atoms with Crippen LogP contribution in [-0.4, -0.2) is 60.7 Å². The first-order valence-electron chi connectivity index (χ1n) is 8.36. The summed E-state index contributed by atoms with van der Waals surface area (Å²) in [6.07, 6.45) is -0.871. The predicted octanol–water partition coefficient (Wildman–Crippen LogP) is 2.37. The van der Waals surface area contributed by atoms with Crippen molar-refractivity contribution < 1.29 is 19.1 Å². The number of rotatable bonds is 4. The van der Waals surface area contributed by atoms with Gasteiger partial charge in [-0.3, -0.25) is 4.79 Å². The van der Waals surface area contributed by atoms with Gasteiger partial charge in [-0.1, -0.05) is 17.7 Å². The number of ether oxygens (including phenoxy) is 2. The van der Waals surface area contributed by atoms with Gasteiger partial charge in [0.05, 0.1) is 6.61 Å². The predicted molar refractivity (Wildman–Crippen MR) is 91.2 cm³/mol. The number of carbonyl (C=O) groups is 2. The van der Waals surface area contributed by atoms with Gasteiger partial charge >= 0.3 is 6.09 Å². The minimum atomic E-state index is -0.555. The van der Waals surface area contributed by atoms with Gasteiger partial charge in [0, 0.05) is 26.2 Å². The molecule has 1 aromatic rings. The maximum absolute atomic E-state index is 12.5. The number of nitrogens with zero attached hydrogens (tertiary/aromatic N) is 2. The van der Waals surface area contributed by atoms with Gasteiger partial charge in [0.15, 0.2) is 6.10 Å². The summed E-state index contributed by atoms with van der Waals surface area (Å²) in [6.45, 7) is 9.87. The third kappa shape index (κ3) is 4.40. The molecule has 1 saturated heterocycles. The van der Waals surface area contributed by atoms with Gasteiger partial charge in [-0.15, -0.1) is 0 Å². The van der Waals surface area contributed by atoms with Crippen molar-refractivity contribution in [3.8, 4) is 5.75 Å². The maximum Gasteiger partial charge on any atom is 0.409 e. The van der Waals surface area contributed by atoms with Crippen molar-refractivity contribution in [2.24, 2.45) is 0 Å². The molecule has 0 spiro atoms. The highest BCUT2D eigenvalue weighted by Gasteiger charge is 2.28. The minimum Gasteiger partial charge on any atom is -0.481 e. The number of amides is 2. The molecule has 1 aliphatic rings. The highest BCUT2D eigenvalue weighted by molar-refractivity contribution is 5.81. The van der Waals surface area contributed by atoms with Crippen LogP contribution < -0.4 is 4.74 Å². The van der Waals surface area contributed by atoms with E-state index in [-0.39, 0.29) is 12.0 Å². The Morgan fingerprint density at radius 1 is 1.12 bits per heavy atom. The SMILES string of the molecule is CCOC(=O)N1CCN(C(=O)[C@H](C)Oc2ccc(C)cc2C)CC1. The summed E-state index contributed by atoms with van der Waals surface area (Å²) in [4.78, 5) is 27.6. The van der Waals surface area contributed by atoms with E-state index in [1.165, 1.54) is 0 Å². The highest BCUT2D eigenvalue weighted by atomic mass is 16.6. The molecule has 132 valence electrons. The summed E-state index contributed by atoms with van der Waals surface area (Å²) < 4.78 is 10.8. The minimum absolute atomic E-state index is 0.0570. The van der Waals surface area contributed by atoms with Crippen molar-refractivity contribution in [2.75, 3.05) is 32.8 Å². The fourth-order valence-electron chi connectivity index (χ4n) is 2.75. The molecule has 6 nitrogen and oxygen atoms in total. The molecule has 2 rings (SSSR count). The van der Waals surface area contributed by atoms with Gasteiger partial charge in [-0.05, 0) is 39.3 Å². The highest BCUT2D eigenvalue weighted by Crippen LogP contribution is 2.20. The van der Waals surface area contributed by atoms with E-state index in [0.717, 1.165) is 16.9 Å². The van der Waals surface area contributed by atoms with Crippen LogP contribution in [0.1, 0.15) is 25.0 Å². The molecule has 0 saturated carbocycles. The zero-order chi connectivity index (χ0) is 17.7. The third-order valence-electron chi connectivity index (χ3n) is 4.10. The van der Waals surface area contributed by atoms with E-state index in [2.05, 4.69) is 0 Å². The van der Waals surface area contributed by atoms with Gasteiger partial charge in [-0.25, -0.2) is 4.79 Å². The second kappa shape index (κ2) is 8.04. The van der Waals surface area contributed by atoms with Crippen molar-refractivity contribution >= 4 is 12.0 Å². The Bertz CT molecular complexity index is 595. The van der Waals surface area contributed by atoms with E-state index in [9.17, 15) is 9.59 Å². The lowest BCUT2D eigenvalue weighted by molar-refractivity contribution is -0.139. The molecule has 0 bridgehead atoms. The molecular formula is C18H26N2O4. The Labute approximate surface area is 143 Å². The Balaban J connectivity index is 1.89. The fraction of sp³-hybridized carbons (Fsp3) is 0.556. The largest absolute Gasteiger partial charge is 0.481 e. The lowest BCUT2D eigenvalue weighted by Gasteiger charge is -2.35. The van der Waals surface area contributed by atoms with E-state index in [0.29, 0.717) is 32.8 Å². The lowest BCUT2D eigenvalue weighted by atomic mass is 10.1. The van der Waals surface area contributed by atoms with Crippen molar-refractivity contribution in [1.29, 1.82) is 0 Å². The Kier molecular flexibility index (Phi) is 6.06. The smallest absolute Gasteiger partial charge is 0.409 e. The van der Waals surface area contributed by atoms with E-state index in [1.54, 1.807) is 23.6 Å². The molecule has 1 aromatic carbocycles. The van der Waals surface area contributed by atoms with Crippen LogP contribution in [-0.2, 0) is 9.53 Å². The number of hydrogen-bond donors (Lipinski definition) is 0. The molecule has 24 heavy (non-hydrogen) atoms. The number of benzene rings is 1. The molecule has 0 unspecified atom stereocenters. The standard InChI is InChI=1S/C18H26N2O4/c1-5-23-18(22)20-10-8-19(9-11-20)17(21)15(4)24-16-7-6-13(2)12-14(16)3/h6-7,12,15H,5,8-11H2,1-4H3/t15-/m0/s1. The molecule has 0 radical (unpaired) electrons. The van der Waals surface area contributed by atoms with Crippen LogP contribution in [0.2, 0.25) is 0 Å². The van der Waals surface area contributed by atoms with E-state index in [4.69, 9.17) is 9.47 Å². The summed E-state index contributed by atoms with van der Waals surface area (Å²) in [6, 6.07) is 5.90. The van der Waals surface area contributed by atoms with Gasteiger partial charge in [-0.2, -0.15) is 0 Å². The van der Waals surface area contributed by atoms with Crippen LogP contribution in [0.3, 0.4) is 0 Å². The quantitative estimate of drug-likeness (QED) is 0.848. The zero-order valence-electron chi connectivity index (χ0n) is 14.9. The molecule has 0 aromatic heterocycles. The Hall–Kier alpha value is -2.24. The van der Waals surface area contributed by atoms with Crippen molar-refractivity contribution in [3.63, 3.8) is 0 Å². The average Bonchev–Trinajstić information content (AvgIpc) is 2.57. The molecule has 1 aliphatic heterocycles. The number of piperazine rings is 1. The Morgan fingerprint density at radius 3 is 2.33 bits per heavy atom. The summed E-state index contributed by atoms with van der Waals surface area (Å²) >= 11 is 0. The summed E-state index contributed by atoms with van der Waals surface area (Å²) in [5.41, 5.74) is 2.18. The second-order valence-corrected chi connectivity index (χ2v) is 6.04. The van der Waals surface area contributed by atoms with Gasteiger partial charge in [0.1, 0.15) is 5.75 Å². The lowest BCUT2D eigenvalue weighted by Crippen LogP contribution is -2.53. The van der Waals surface area contributed by atoms with Crippen molar-refractivity contribution in [3.05, 3.63) is 29.3 Å². The van der Waals surface area contributed by atoms with Crippen LogP contribution in [0.4, 0.5) is 4.79 Å². The topological polar surface area (TPSA) is 59.1 Å². The van der Waals surface area contributed by atoms with Crippen LogP contribution >= 0.6 is 0 Å². The zero-order valence-corrected chi connectivity index (χ0v) is 14.9. The monoisotopic (exact) mass is 334 g/mol. The molecule has 0 N–H and O–H groups in total. The summed E-state index contributed by atoms with van der Waals surface area (Å²) in [5.74, 6) is 0.671. The normalized spacial score (nSPS) is 15.8. The van der Waals surface area contributed by atoms with Gasteiger partial charge in [0.25, 0.3) is 5.91 Å². The van der Waals surface area contributed by atoms with Crippen LogP contribution in [0.25, 0.3) is 0 Å². The Morgan fingerprint density at radius 2 is 1.75 bits per heavy atom. The first kappa shape index (κ1) is 18.1. The number of carbonyl (C=O) groups excluding carboxylic acids is 2. The fourth-order valence-corrected chi connectivity index (χ4v) is 2.75. The summed E-state index contributed by atoms with van der Waals surface area (Å²) in [5, 5.41) is 0. The second-order valence-electron chi connectivity index (χ2n) is 6.04. The summed E-state index contributed by atoms with van der Waals surface area (Å²) in [7, 11) is 0. The molecule has 6 heteroatoms. The number of hydrogen-bond acceptors (Lipinski definition) is 4. The van der Waals surface area contributed by atoms with Crippen LogP contribution in [0.15, 0.2) is 18.2 Å². The molecule has 2 amide bonds. The molecule has 1 heterocycles. The van der Waals surface area contributed by atoms with E-state index in [1.807, 2.05) is 32.0 Å².